The molecule has 2 heterocycles. The first kappa shape index (κ1) is 11.7. The second-order valence-electron chi connectivity index (χ2n) is 4.82. The molecule has 0 radical (unpaired) electrons. The lowest BCUT2D eigenvalue weighted by Crippen LogP contribution is -2.04. The number of thiophene rings is 1. The molecule has 0 atom stereocenters. The molecule has 1 aliphatic carbocycles. The van der Waals surface area contributed by atoms with Crippen molar-refractivity contribution in [3.8, 4) is 11.3 Å². The molecular formula is C14H17N3S. The molecule has 1 saturated carbocycles. The van der Waals surface area contributed by atoms with Crippen molar-refractivity contribution in [2.75, 3.05) is 12.4 Å². The highest BCUT2D eigenvalue weighted by Crippen LogP contribution is 2.40. The van der Waals surface area contributed by atoms with Crippen molar-refractivity contribution in [2.24, 2.45) is 0 Å². The number of nitrogens with one attached hydrogen (secondary N) is 1. The van der Waals surface area contributed by atoms with Crippen molar-refractivity contribution in [3.05, 3.63) is 27.7 Å². The van der Waals surface area contributed by atoms with E-state index in [4.69, 9.17) is 4.98 Å². The summed E-state index contributed by atoms with van der Waals surface area (Å²) in [7, 11) is 1.93. The average molecular weight is 259 g/mol. The number of aryl methyl sites for hydroxylation is 1. The van der Waals surface area contributed by atoms with Gasteiger partial charge >= 0.3 is 0 Å². The lowest BCUT2D eigenvalue weighted by molar-refractivity contribution is 0.924. The lowest BCUT2D eigenvalue weighted by atomic mass is 10.1. The summed E-state index contributed by atoms with van der Waals surface area (Å²) >= 11 is 1.77. The Labute approximate surface area is 111 Å². The fourth-order valence-corrected chi connectivity index (χ4v) is 2.89. The van der Waals surface area contributed by atoms with E-state index in [0.29, 0.717) is 5.92 Å². The summed E-state index contributed by atoms with van der Waals surface area (Å²) in [5.74, 6) is 2.55. The second-order valence-corrected chi connectivity index (χ2v) is 5.94. The van der Waals surface area contributed by atoms with Crippen molar-refractivity contribution in [1.29, 1.82) is 0 Å². The third-order valence-electron chi connectivity index (χ3n) is 3.46. The van der Waals surface area contributed by atoms with E-state index in [1.54, 1.807) is 11.3 Å². The summed E-state index contributed by atoms with van der Waals surface area (Å²) in [6.07, 6.45) is 2.46. The number of rotatable bonds is 3. The molecule has 18 heavy (non-hydrogen) atoms. The van der Waals surface area contributed by atoms with Gasteiger partial charge in [0.25, 0.3) is 0 Å². The Morgan fingerprint density at radius 1 is 1.28 bits per heavy atom. The molecule has 2 aromatic rings. The van der Waals surface area contributed by atoms with E-state index in [9.17, 15) is 0 Å². The maximum absolute atomic E-state index is 4.80. The molecule has 0 aromatic carbocycles. The molecule has 4 heteroatoms. The van der Waals surface area contributed by atoms with E-state index in [0.717, 1.165) is 22.9 Å². The Kier molecular flexibility index (Phi) is 2.82. The molecule has 0 spiro atoms. The van der Waals surface area contributed by atoms with Crippen molar-refractivity contribution in [1.82, 2.24) is 9.97 Å². The van der Waals surface area contributed by atoms with E-state index >= 15 is 0 Å². The second kappa shape index (κ2) is 4.35. The number of hydrogen-bond acceptors (Lipinski definition) is 4. The first-order chi connectivity index (χ1) is 8.70. The van der Waals surface area contributed by atoms with Gasteiger partial charge in [-0.1, -0.05) is 0 Å². The molecule has 0 aliphatic heterocycles. The Hall–Kier alpha value is -1.42. The summed E-state index contributed by atoms with van der Waals surface area (Å²) < 4.78 is 0. The topological polar surface area (TPSA) is 37.8 Å². The van der Waals surface area contributed by atoms with Crippen LogP contribution in [0.15, 0.2) is 11.4 Å². The van der Waals surface area contributed by atoms with E-state index in [2.05, 4.69) is 35.6 Å². The zero-order valence-electron chi connectivity index (χ0n) is 10.9. The van der Waals surface area contributed by atoms with Gasteiger partial charge in [0, 0.05) is 29.0 Å². The van der Waals surface area contributed by atoms with Crippen molar-refractivity contribution in [2.45, 2.75) is 32.6 Å². The van der Waals surface area contributed by atoms with Crippen molar-refractivity contribution >= 4 is 17.2 Å². The van der Waals surface area contributed by atoms with E-state index < -0.39 is 0 Å². The van der Waals surface area contributed by atoms with Gasteiger partial charge in [-0.25, -0.2) is 9.97 Å². The van der Waals surface area contributed by atoms with Gasteiger partial charge in [0.1, 0.15) is 11.6 Å². The van der Waals surface area contributed by atoms with Crippen LogP contribution in [0, 0.1) is 13.8 Å². The predicted molar refractivity (Wildman–Crippen MR) is 76.3 cm³/mol. The Balaban J connectivity index is 2.18. The minimum Gasteiger partial charge on any atom is -0.373 e. The van der Waals surface area contributed by atoms with Crippen LogP contribution in [-0.4, -0.2) is 17.0 Å². The number of anilines is 1. The first-order valence-corrected chi connectivity index (χ1v) is 7.19. The molecule has 1 fully saturated rings. The van der Waals surface area contributed by atoms with Gasteiger partial charge in [-0.3, -0.25) is 0 Å². The van der Waals surface area contributed by atoms with Gasteiger partial charge in [0.2, 0.25) is 0 Å². The zero-order valence-corrected chi connectivity index (χ0v) is 11.8. The maximum atomic E-state index is 4.80. The third-order valence-corrected chi connectivity index (χ3v) is 4.30. The van der Waals surface area contributed by atoms with Crippen LogP contribution in [0.25, 0.3) is 11.3 Å². The molecule has 1 N–H and O–H groups in total. The highest BCUT2D eigenvalue weighted by Gasteiger charge is 2.28. The molecule has 3 rings (SSSR count). The number of nitrogens with zero attached hydrogens (tertiary/aromatic N) is 2. The lowest BCUT2D eigenvalue weighted by Gasteiger charge is -2.12. The summed E-state index contributed by atoms with van der Waals surface area (Å²) in [6, 6.07) is 2.16. The van der Waals surface area contributed by atoms with Gasteiger partial charge < -0.3 is 5.32 Å². The SMILES string of the molecule is CNc1nc(C2CC2)nc(-c2ccsc2C)c1C. The van der Waals surface area contributed by atoms with Gasteiger partial charge in [-0.15, -0.1) is 11.3 Å². The van der Waals surface area contributed by atoms with Crippen LogP contribution in [0.1, 0.15) is 35.0 Å². The summed E-state index contributed by atoms with van der Waals surface area (Å²) in [6.45, 7) is 4.24. The molecule has 0 bridgehead atoms. The Morgan fingerprint density at radius 2 is 2.06 bits per heavy atom. The van der Waals surface area contributed by atoms with E-state index in [-0.39, 0.29) is 0 Å². The fraction of sp³-hybridized carbons (Fsp3) is 0.429. The largest absolute Gasteiger partial charge is 0.373 e. The molecule has 0 unspecified atom stereocenters. The zero-order chi connectivity index (χ0) is 12.7. The standard InChI is InChI=1S/C14H17N3S/c1-8-12(11-6-7-18-9(11)2)16-14(10-4-5-10)17-13(8)15-3/h6-7,10H,4-5H2,1-3H3,(H,15,16,17). The van der Waals surface area contributed by atoms with E-state index in [1.807, 2.05) is 7.05 Å². The average Bonchev–Trinajstić information content (AvgIpc) is 3.13. The maximum Gasteiger partial charge on any atom is 0.134 e. The molecule has 0 amide bonds. The van der Waals surface area contributed by atoms with Gasteiger partial charge in [0.15, 0.2) is 0 Å². The predicted octanol–water partition coefficient (Wildman–Crippen LogP) is 3.74. The molecule has 94 valence electrons. The molecule has 3 nitrogen and oxygen atoms in total. The minimum atomic E-state index is 0.579. The molecule has 1 aliphatic rings. The minimum absolute atomic E-state index is 0.579. The first-order valence-electron chi connectivity index (χ1n) is 6.31. The number of hydrogen-bond donors (Lipinski definition) is 1. The van der Waals surface area contributed by atoms with Crippen LogP contribution >= 0.6 is 11.3 Å². The van der Waals surface area contributed by atoms with Crippen LogP contribution in [0.2, 0.25) is 0 Å². The van der Waals surface area contributed by atoms with Crippen LogP contribution in [0.4, 0.5) is 5.82 Å². The van der Waals surface area contributed by atoms with E-state index in [1.165, 1.54) is 23.3 Å². The van der Waals surface area contributed by atoms with Crippen LogP contribution < -0.4 is 5.32 Å². The fourth-order valence-electron chi connectivity index (χ4n) is 2.19. The van der Waals surface area contributed by atoms with Gasteiger partial charge in [-0.2, -0.15) is 0 Å². The highest BCUT2D eigenvalue weighted by atomic mass is 32.1. The summed E-state index contributed by atoms with van der Waals surface area (Å²) in [5.41, 5.74) is 3.48. The van der Waals surface area contributed by atoms with Gasteiger partial charge in [-0.05, 0) is 38.1 Å². The molecule has 0 saturated heterocycles. The van der Waals surface area contributed by atoms with Crippen LogP contribution in [0.3, 0.4) is 0 Å². The van der Waals surface area contributed by atoms with Crippen LogP contribution in [0.5, 0.6) is 0 Å². The molecule has 2 aromatic heterocycles. The Morgan fingerprint density at radius 3 is 2.61 bits per heavy atom. The number of aromatic nitrogens is 2. The quantitative estimate of drug-likeness (QED) is 0.912. The highest BCUT2D eigenvalue weighted by molar-refractivity contribution is 7.10. The van der Waals surface area contributed by atoms with Crippen molar-refractivity contribution < 1.29 is 0 Å². The van der Waals surface area contributed by atoms with Crippen molar-refractivity contribution in [3.63, 3.8) is 0 Å². The van der Waals surface area contributed by atoms with Gasteiger partial charge in [0.05, 0.1) is 5.69 Å². The summed E-state index contributed by atoms with van der Waals surface area (Å²) in [4.78, 5) is 10.8. The smallest absolute Gasteiger partial charge is 0.134 e. The third kappa shape index (κ3) is 1.90. The van der Waals surface area contributed by atoms with Crippen LogP contribution in [-0.2, 0) is 0 Å². The Bertz CT molecular complexity index is 585. The summed E-state index contributed by atoms with van der Waals surface area (Å²) in [5, 5.41) is 5.32. The normalized spacial score (nSPS) is 14.8. The monoisotopic (exact) mass is 259 g/mol. The molecular weight excluding hydrogens is 242 g/mol.